The van der Waals surface area contributed by atoms with E-state index in [4.69, 9.17) is 5.11 Å². The van der Waals surface area contributed by atoms with Gasteiger partial charge in [0.05, 0.1) is 22.6 Å². The summed E-state index contributed by atoms with van der Waals surface area (Å²) in [4.78, 5) is 23.0. The van der Waals surface area contributed by atoms with Crippen molar-refractivity contribution in [2.45, 2.75) is 24.2 Å². The molecule has 164 valence electrons. The molecule has 0 fully saturated rings. The van der Waals surface area contributed by atoms with Crippen LogP contribution in [0.4, 0.5) is 22.1 Å². The SMILES string of the molecule is Cc1ccc(S(=O)(=O)CCC(=O)O)cc1.O=C(OF)C(F)(F)c1cccc(F)c1F. The van der Waals surface area contributed by atoms with Gasteiger partial charge in [-0.25, -0.2) is 26.9 Å². The van der Waals surface area contributed by atoms with Gasteiger partial charge in [0.25, 0.3) is 0 Å². The van der Waals surface area contributed by atoms with E-state index in [1.807, 2.05) is 6.92 Å². The van der Waals surface area contributed by atoms with E-state index in [0.717, 1.165) is 11.6 Å². The topological polar surface area (TPSA) is 97.7 Å². The number of hydrogen-bond acceptors (Lipinski definition) is 5. The quantitative estimate of drug-likeness (QED) is 0.668. The van der Waals surface area contributed by atoms with E-state index in [9.17, 15) is 40.1 Å². The predicted molar refractivity (Wildman–Crippen MR) is 92.9 cm³/mol. The van der Waals surface area contributed by atoms with Gasteiger partial charge in [0, 0.05) is 4.53 Å². The summed E-state index contributed by atoms with van der Waals surface area (Å²) in [5, 5.41) is 8.40. The Kier molecular flexibility index (Phi) is 8.46. The van der Waals surface area contributed by atoms with E-state index in [1.54, 1.807) is 12.1 Å². The molecule has 0 aliphatic rings. The van der Waals surface area contributed by atoms with Crippen LogP contribution in [-0.4, -0.2) is 31.2 Å². The van der Waals surface area contributed by atoms with E-state index < -0.39 is 44.9 Å². The highest BCUT2D eigenvalue weighted by Crippen LogP contribution is 2.32. The number of carboxylic acids is 1. The smallest absolute Gasteiger partial charge is 0.422 e. The van der Waals surface area contributed by atoms with Gasteiger partial charge in [-0.3, -0.25) is 4.79 Å². The zero-order chi connectivity index (χ0) is 23.1. The molecule has 0 unspecified atom stereocenters. The number of alkyl halides is 2. The fourth-order valence-electron chi connectivity index (χ4n) is 1.99. The maximum Gasteiger partial charge on any atom is 0.422 e. The van der Waals surface area contributed by atoms with Crippen molar-refractivity contribution < 1.29 is 50.1 Å². The predicted octanol–water partition coefficient (Wildman–Crippen LogP) is 3.73. The second-order valence-electron chi connectivity index (χ2n) is 5.82. The van der Waals surface area contributed by atoms with Crippen molar-refractivity contribution in [1.82, 2.24) is 0 Å². The molecule has 2 rings (SSSR count). The molecule has 0 heterocycles. The van der Waals surface area contributed by atoms with Gasteiger partial charge in [0.1, 0.15) is 0 Å². The van der Waals surface area contributed by atoms with Crippen LogP contribution in [0.25, 0.3) is 0 Å². The summed E-state index contributed by atoms with van der Waals surface area (Å²) in [5.74, 6) is -12.1. The summed E-state index contributed by atoms with van der Waals surface area (Å²) >= 11 is 0. The maximum atomic E-state index is 12.9. The molecule has 0 atom stereocenters. The number of aliphatic carboxylic acids is 1. The van der Waals surface area contributed by atoms with Crippen molar-refractivity contribution >= 4 is 21.8 Å². The fourth-order valence-corrected chi connectivity index (χ4v) is 3.22. The van der Waals surface area contributed by atoms with Gasteiger partial charge in [-0.15, -0.1) is 0 Å². The van der Waals surface area contributed by atoms with Gasteiger partial charge in [0.15, 0.2) is 21.5 Å². The molecule has 1 N–H and O–H groups in total. The van der Waals surface area contributed by atoms with Gasteiger partial charge in [-0.05, 0) is 31.2 Å². The van der Waals surface area contributed by atoms with Gasteiger partial charge in [0.2, 0.25) is 0 Å². The molecule has 12 heteroatoms. The van der Waals surface area contributed by atoms with Crippen LogP contribution in [0.3, 0.4) is 0 Å². The monoisotopic (exact) mass is 454 g/mol. The Hall–Kier alpha value is -3.02. The first-order valence-electron chi connectivity index (χ1n) is 7.99. The molecule has 0 spiro atoms. The minimum atomic E-state index is -4.57. The van der Waals surface area contributed by atoms with Crippen LogP contribution in [0.2, 0.25) is 0 Å². The number of benzene rings is 2. The van der Waals surface area contributed by atoms with Crippen molar-refractivity contribution in [3.63, 3.8) is 0 Å². The Bertz CT molecular complexity index is 1010. The number of carbonyl (C=O) groups excluding carboxylic acids is 1. The third-order valence-electron chi connectivity index (χ3n) is 3.58. The molecule has 0 aromatic heterocycles. The lowest BCUT2D eigenvalue weighted by molar-refractivity contribution is -0.213. The standard InChI is InChI=1S/C10H12O4S.C8H3F5O2/c1-8-2-4-9(5-3-8)15(13,14)7-6-10(11)12;9-5-3-1-2-4(6(5)10)8(11,12)7(14)15-13/h2-5H,6-7H2,1H3,(H,11,12);1-3H. The highest BCUT2D eigenvalue weighted by Gasteiger charge is 2.46. The average molecular weight is 454 g/mol. The third-order valence-corrected chi connectivity index (χ3v) is 5.31. The normalized spacial score (nSPS) is 11.3. The van der Waals surface area contributed by atoms with Crippen molar-refractivity contribution in [3.8, 4) is 0 Å². The minimum absolute atomic E-state index is 0.175. The highest BCUT2D eigenvalue weighted by atomic mass is 32.2. The average Bonchev–Trinajstić information content (AvgIpc) is 2.68. The van der Waals surface area contributed by atoms with E-state index in [1.165, 1.54) is 12.1 Å². The van der Waals surface area contributed by atoms with E-state index in [-0.39, 0.29) is 17.1 Å². The van der Waals surface area contributed by atoms with Gasteiger partial charge < -0.3 is 5.11 Å². The molecule has 30 heavy (non-hydrogen) atoms. The largest absolute Gasteiger partial charge is 0.481 e. The van der Waals surface area contributed by atoms with Crippen LogP contribution >= 0.6 is 0 Å². The Morgan fingerprint density at radius 2 is 1.63 bits per heavy atom. The summed E-state index contributed by atoms with van der Waals surface area (Å²) in [6, 6.07) is 8.15. The van der Waals surface area contributed by atoms with Crippen molar-refractivity contribution in [2.24, 2.45) is 0 Å². The zero-order valence-corrected chi connectivity index (χ0v) is 16.1. The summed E-state index contributed by atoms with van der Waals surface area (Å²) in [6.45, 7) is 1.85. The second-order valence-corrected chi connectivity index (χ2v) is 7.93. The Labute approximate surface area is 167 Å². The zero-order valence-electron chi connectivity index (χ0n) is 15.2. The fraction of sp³-hybridized carbons (Fsp3) is 0.222. The molecular formula is C18H15F5O6S. The van der Waals surface area contributed by atoms with E-state index in [0.29, 0.717) is 12.1 Å². The van der Waals surface area contributed by atoms with E-state index >= 15 is 0 Å². The molecule has 0 saturated carbocycles. The molecule has 0 saturated heterocycles. The third kappa shape index (κ3) is 6.51. The molecule has 0 radical (unpaired) electrons. The maximum absolute atomic E-state index is 12.9. The lowest BCUT2D eigenvalue weighted by Gasteiger charge is -2.12. The summed E-state index contributed by atoms with van der Waals surface area (Å²) < 4.78 is 85.5. The van der Waals surface area contributed by atoms with Crippen LogP contribution in [0, 0.1) is 18.6 Å². The lowest BCUT2D eigenvalue weighted by atomic mass is 10.1. The lowest BCUT2D eigenvalue weighted by Crippen LogP contribution is -2.27. The molecule has 2 aromatic rings. The molecule has 6 nitrogen and oxygen atoms in total. The molecule has 0 aliphatic carbocycles. The Morgan fingerprint density at radius 3 is 2.13 bits per heavy atom. The first-order chi connectivity index (χ1) is 13.8. The van der Waals surface area contributed by atoms with Crippen LogP contribution in [0.15, 0.2) is 47.4 Å². The van der Waals surface area contributed by atoms with E-state index in [2.05, 4.69) is 4.94 Å². The highest BCUT2D eigenvalue weighted by molar-refractivity contribution is 7.91. The van der Waals surface area contributed by atoms with Crippen molar-refractivity contribution in [2.75, 3.05) is 5.75 Å². The number of rotatable bonds is 6. The molecular weight excluding hydrogens is 439 g/mol. The van der Waals surface area contributed by atoms with Crippen LogP contribution < -0.4 is 0 Å². The molecule has 0 aliphatic heterocycles. The number of sulfone groups is 1. The summed E-state index contributed by atoms with van der Waals surface area (Å²) in [6.07, 6.45) is -0.365. The summed E-state index contributed by atoms with van der Waals surface area (Å²) in [5.41, 5.74) is -0.614. The van der Waals surface area contributed by atoms with Gasteiger partial charge in [-0.2, -0.15) is 8.78 Å². The minimum Gasteiger partial charge on any atom is -0.481 e. The van der Waals surface area contributed by atoms with Crippen molar-refractivity contribution in [1.29, 1.82) is 0 Å². The van der Waals surface area contributed by atoms with Crippen LogP contribution in [-0.2, 0) is 30.3 Å². The molecule has 0 bridgehead atoms. The number of halogens is 5. The molecule has 2 aromatic carbocycles. The first kappa shape index (κ1) is 25.0. The van der Waals surface area contributed by atoms with Gasteiger partial charge in [-0.1, -0.05) is 23.8 Å². The summed E-state index contributed by atoms with van der Waals surface area (Å²) in [7, 11) is -3.45. The number of carbonyl (C=O) groups is 2. The number of carboxylic acid groups (broad SMARTS) is 1. The Balaban J connectivity index is 0.000000300. The van der Waals surface area contributed by atoms with Gasteiger partial charge >= 0.3 is 17.9 Å². The van der Waals surface area contributed by atoms with Crippen LogP contribution in [0.5, 0.6) is 0 Å². The molecule has 0 amide bonds. The van der Waals surface area contributed by atoms with Crippen LogP contribution in [0.1, 0.15) is 17.5 Å². The second kappa shape index (κ2) is 10.1. The Morgan fingerprint density at radius 1 is 1.07 bits per heavy atom. The number of aryl methyl sites for hydroxylation is 1. The van der Waals surface area contributed by atoms with Crippen molar-refractivity contribution in [3.05, 3.63) is 65.2 Å². The first-order valence-corrected chi connectivity index (χ1v) is 9.64. The number of hydrogen-bond donors (Lipinski definition) is 1.